The summed E-state index contributed by atoms with van der Waals surface area (Å²) in [6.07, 6.45) is 4.11. The monoisotopic (exact) mass is 733 g/mol. The van der Waals surface area contributed by atoms with Crippen molar-refractivity contribution in [3.05, 3.63) is 144 Å². The van der Waals surface area contributed by atoms with Gasteiger partial charge in [0, 0.05) is 40.2 Å². The van der Waals surface area contributed by atoms with E-state index in [0.29, 0.717) is 0 Å². The molecule has 0 bridgehead atoms. The normalized spacial score (nSPS) is 13.9. The summed E-state index contributed by atoms with van der Waals surface area (Å²) in [4.78, 5) is 7.72. The molecule has 6 aromatic rings. The first kappa shape index (κ1) is 33.6. The number of rotatable bonds is 8. The van der Waals surface area contributed by atoms with E-state index in [1.807, 2.05) is 35.3 Å². The zero-order valence-electron chi connectivity index (χ0n) is 30.1. The molecule has 0 amide bonds. The number of para-hydroxylation sites is 2. The van der Waals surface area contributed by atoms with Gasteiger partial charge in [0.05, 0.1) is 34.1 Å². The smallest absolute Gasteiger partial charge is 0.0529 e. The highest BCUT2D eigenvalue weighted by atomic mass is 32.2. The van der Waals surface area contributed by atoms with Gasteiger partial charge in [-0.2, -0.15) is 0 Å². The molecule has 0 aliphatic carbocycles. The van der Waals surface area contributed by atoms with Crippen molar-refractivity contribution in [2.45, 2.75) is 93.6 Å². The molecular formula is C46H43N3S3. The molecule has 3 heterocycles. The van der Waals surface area contributed by atoms with Gasteiger partial charge in [-0.05, 0) is 121 Å². The quantitative estimate of drug-likeness (QED) is 0.144. The highest BCUT2D eigenvalue weighted by Gasteiger charge is 2.35. The standard InChI is InChI=1S/C46H43N3S3/c1-5-45(6-2,29-19-23-41-37(25-29)48-33-13-9-11-15-39(33)50-41)31-17-21-35-43(27-31)52-44-28-32(18-22-36(44)47-35)46(7-3,8-4)30-20-24-42-38(26-30)49-34-14-10-12-16-40(34)51-42/h9-28,47-49H,5-8H2,1-4H3. The van der Waals surface area contributed by atoms with Crippen LogP contribution in [0.25, 0.3) is 0 Å². The maximum absolute atomic E-state index is 3.80. The van der Waals surface area contributed by atoms with Crippen LogP contribution < -0.4 is 16.0 Å². The summed E-state index contributed by atoms with van der Waals surface area (Å²) in [6, 6.07) is 45.6. The molecule has 0 atom stereocenters. The van der Waals surface area contributed by atoms with Crippen molar-refractivity contribution in [2.75, 3.05) is 16.0 Å². The molecule has 3 aliphatic rings. The van der Waals surface area contributed by atoms with Crippen LogP contribution in [0.4, 0.5) is 34.1 Å². The van der Waals surface area contributed by atoms with Gasteiger partial charge in [-0.1, -0.05) is 112 Å². The first-order valence-corrected chi connectivity index (χ1v) is 21.0. The van der Waals surface area contributed by atoms with E-state index in [0.717, 1.165) is 25.7 Å². The van der Waals surface area contributed by atoms with Crippen molar-refractivity contribution in [1.29, 1.82) is 0 Å². The summed E-state index contributed by atoms with van der Waals surface area (Å²) in [5, 5.41) is 11.3. The van der Waals surface area contributed by atoms with Gasteiger partial charge in [0.2, 0.25) is 0 Å². The van der Waals surface area contributed by atoms with Crippen molar-refractivity contribution in [2.24, 2.45) is 0 Å². The van der Waals surface area contributed by atoms with Crippen LogP contribution in [-0.4, -0.2) is 0 Å². The van der Waals surface area contributed by atoms with E-state index < -0.39 is 0 Å². The van der Waals surface area contributed by atoms with Crippen molar-refractivity contribution in [3.63, 3.8) is 0 Å². The van der Waals surface area contributed by atoms with Crippen LogP contribution in [-0.2, 0) is 10.8 Å². The van der Waals surface area contributed by atoms with E-state index in [9.17, 15) is 0 Å². The molecule has 3 nitrogen and oxygen atoms in total. The zero-order valence-corrected chi connectivity index (χ0v) is 32.5. The highest BCUT2D eigenvalue weighted by molar-refractivity contribution is 8.00. The average molecular weight is 734 g/mol. The first-order chi connectivity index (χ1) is 25.5. The Morgan fingerprint density at radius 3 is 1.12 bits per heavy atom. The molecule has 3 aliphatic heterocycles. The van der Waals surface area contributed by atoms with Gasteiger partial charge in [-0.15, -0.1) is 0 Å². The van der Waals surface area contributed by atoms with Crippen molar-refractivity contribution >= 4 is 69.4 Å². The van der Waals surface area contributed by atoms with Crippen LogP contribution in [0.5, 0.6) is 0 Å². The lowest BCUT2D eigenvalue weighted by atomic mass is 9.70. The lowest BCUT2D eigenvalue weighted by Crippen LogP contribution is -2.27. The minimum absolute atomic E-state index is 0.0884. The number of fused-ring (bicyclic) bond motifs is 6. The lowest BCUT2D eigenvalue weighted by molar-refractivity contribution is 0.477. The van der Waals surface area contributed by atoms with Crippen molar-refractivity contribution in [3.8, 4) is 0 Å². The molecule has 0 saturated carbocycles. The Bertz CT molecular complexity index is 2180. The Balaban J connectivity index is 1.04. The third kappa shape index (κ3) is 5.45. The van der Waals surface area contributed by atoms with E-state index >= 15 is 0 Å². The molecule has 0 unspecified atom stereocenters. The van der Waals surface area contributed by atoms with Gasteiger partial charge in [0.15, 0.2) is 0 Å². The van der Waals surface area contributed by atoms with Gasteiger partial charge in [-0.25, -0.2) is 0 Å². The fourth-order valence-electron chi connectivity index (χ4n) is 8.62. The molecule has 52 heavy (non-hydrogen) atoms. The molecule has 0 fully saturated rings. The van der Waals surface area contributed by atoms with Crippen LogP contribution in [0.3, 0.4) is 0 Å². The Labute approximate surface area is 320 Å². The number of anilines is 6. The van der Waals surface area contributed by atoms with Crippen LogP contribution in [0, 0.1) is 0 Å². The minimum Gasteiger partial charge on any atom is -0.354 e. The van der Waals surface area contributed by atoms with Gasteiger partial charge in [0.1, 0.15) is 0 Å². The maximum Gasteiger partial charge on any atom is 0.0529 e. The second-order valence-corrected chi connectivity index (χ2v) is 17.3. The molecule has 0 saturated heterocycles. The van der Waals surface area contributed by atoms with Gasteiger partial charge in [0.25, 0.3) is 0 Å². The van der Waals surface area contributed by atoms with E-state index in [1.165, 1.54) is 85.8 Å². The van der Waals surface area contributed by atoms with Gasteiger partial charge < -0.3 is 16.0 Å². The predicted octanol–water partition coefficient (Wildman–Crippen LogP) is 14.5. The lowest BCUT2D eigenvalue weighted by Gasteiger charge is -2.36. The van der Waals surface area contributed by atoms with Crippen molar-refractivity contribution < 1.29 is 0 Å². The maximum atomic E-state index is 3.80. The summed E-state index contributed by atoms with van der Waals surface area (Å²) in [5.41, 5.74) is 12.5. The third-order valence-corrected chi connectivity index (χ3v) is 15.2. The SMILES string of the molecule is CCC(CC)(c1ccc2c(c1)Nc1ccccc1S2)c1ccc2c(c1)Sc1cc(C(CC)(CC)c3ccc4c(c3)Nc3ccccc3S4)ccc1N2. The molecule has 0 aromatic heterocycles. The molecule has 6 aromatic carbocycles. The summed E-state index contributed by atoms with van der Waals surface area (Å²) < 4.78 is 0. The van der Waals surface area contributed by atoms with Crippen LogP contribution in [0.2, 0.25) is 0 Å². The average Bonchev–Trinajstić information content (AvgIpc) is 3.19. The summed E-state index contributed by atoms with van der Waals surface area (Å²) in [6.45, 7) is 9.37. The third-order valence-electron chi connectivity index (χ3n) is 11.8. The molecule has 3 N–H and O–H groups in total. The first-order valence-electron chi connectivity index (χ1n) is 18.6. The molecular weight excluding hydrogens is 691 g/mol. The second-order valence-electron chi connectivity index (χ2n) is 14.1. The fraction of sp³-hybridized carbons (Fsp3) is 0.217. The minimum atomic E-state index is -0.0884. The molecule has 9 rings (SSSR count). The predicted molar refractivity (Wildman–Crippen MR) is 224 cm³/mol. The van der Waals surface area contributed by atoms with Gasteiger partial charge in [-0.3, -0.25) is 0 Å². The summed E-state index contributed by atoms with van der Waals surface area (Å²) in [5.74, 6) is 0. The van der Waals surface area contributed by atoms with Gasteiger partial charge >= 0.3 is 0 Å². The summed E-state index contributed by atoms with van der Waals surface area (Å²) in [7, 11) is 0. The molecule has 0 spiro atoms. The topological polar surface area (TPSA) is 36.1 Å². The van der Waals surface area contributed by atoms with E-state index in [1.54, 1.807) is 0 Å². The number of benzene rings is 6. The van der Waals surface area contributed by atoms with Crippen LogP contribution in [0.15, 0.2) is 151 Å². The van der Waals surface area contributed by atoms with Crippen LogP contribution >= 0.6 is 35.3 Å². The highest BCUT2D eigenvalue weighted by Crippen LogP contribution is 2.52. The molecule has 260 valence electrons. The number of nitrogens with one attached hydrogen (secondary N) is 3. The fourth-order valence-corrected chi connectivity index (χ4v) is 11.6. The van der Waals surface area contributed by atoms with E-state index in [2.05, 4.69) is 165 Å². The Morgan fingerprint density at radius 1 is 0.346 bits per heavy atom. The molecule has 6 heteroatoms. The van der Waals surface area contributed by atoms with Crippen LogP contribution in [0.1, 0.15) is 75.6 Å². The Morgan fingerprint density at radius 2 is 0.673 bits per heavy atom. The Kier molecular flexibility index (Phi) is 8.60. The van der Waals surface area contributed by atoms with E-state index in [-0.39, 0.29) is 10.8 Å². The molecule has 0 radical (unpaired) electrons. The number of hydrogen-bond acceptors (Lipinski definition) is 6. The van der Waals surface area contributed by atoms with Crippen molar-refractivity contribution in [1.82, 2.24) is 0 Å². The zero-order chi connectivity index (χ0) is 35.5. The number of hydrogen-bond donors (Lipinski definition) is 3. The summed E-state index contributed by atoms with van der Waals surface area (Å²) >= 11 is 5.62. The largest absolute Gasteiger partial charge is 0.354 e. The Hall–Kier alpha value is -4.23. The second kappa shape index (κ2) is 13.3. The van der Waals surface area contributed by atoms with E-state index in [4.69, 9.17) is 0 Å².